The Morgan fingerprint density at radius 1 is 1.39 bits per heavy atom. The van der Waals surface area contributed by atoms with E-state index in [9.17, 15) is 4.79 Å². The molecule has 0 radical (unpaired) electrons. The van der Waals surface area contributed by atoms with Crippen LogP contribution in [0.15, 0.2) is 0 Å². The first-order chi connectivity index (χ1) is 8.36. The van der Waals surface area contributed by atoms with Crippen LogP contribution in [0.25, 0.3) is 0 Å². The van der Waals surface area contributed by atoms with Crippen LogP contribution in [0.5, 0.6) is 0 Å². The molecule has 0 aromatic heterocycles. The van der Waals surface area contributed by atoms with Gasteiger partial charge in [0.05, 0.1) is 0 Å². The molecule has 0 aliphatic carbocycles. The highest BCUT2D eigenvalue weighted by molar-refractivity contribution is 5.77. The number of nitrogens with zero attached hydrogens (tertiary/aromatic N) is 1. The van der Waals surface area contributed by atoms with Crippen molar-refractivity contribution in [1.29, 1.82) is 0 Å². The zero-order valence-corrected chi connectivity index (χ0v) is 12.5. The Kier molecular flexibility index (Phi) is 5.64. The van der Waals surface area contributed by atoms with E-state index >= 15 is 0 Å². The van der Waals surface area contributed by atoms with Crippen molar-refractivity contribution in [2.75, 3.05) is 6.54 Å². The third kappa shape index (κ3) is 4.27. The molecule has 1 amide bonds. The third-order valence-corrected chi connectivity index (χ3v) is 4.08. The number of hydrogen-bond donors (Lipinski definition) is 1. The van der Waals surface area contributed by atoms with Gasteiger partial charge in [0.1, 0.15) is 0 Å². The molecule has 1 saturated heterocycles. The largest absolute Gasteiger partial charge is 0.340 e. The molecule has 0 spiro atoms. The predicted molar refractivity (Wildman–Crippen MR) is 76.3 cm³/mol. The van der Waals surface area contributed by atoms with Crippen molar-refractivity contribution in [1.82, 2.24) is 4.90 Å². The van der Waals surface area contributed by atoms with Gasteiger partial charge in [-0.3, -0.25) is 4.79 Å². The summed E-state index contributed by atoms with van der Waals surface area (Å²) in [4.78, 5) is 14.5. The van der Waals surface area contributed by atoms with E-state index in [-0.39, 0.29) is 17.4 Å². The molecule has 2 unspecified atom stereocenters. The van der Waals surface area contributed by atoms with Gasteiger partial charge in [-0.25, -0.2) is 0 Å². The average Bonchev–Trinajstić information content (AvgIpc) is 2.28. The van der Waals surface area contributed by atoms with Crippen molar-refractivity contribution < 1.29 is 4.79 Å². The predicted octanol–water partition coefficient (Wildman–Crippen LogP) is 2.93. The second kappa shape index (κ2) is 6.55. The Balaban J connectivity index is 2.58. The van der Waals surface area contributed by atoms with Crippen LogP contribution in [-0.2, 0) is 4.79 Å². The Hall–Kier alpha value is -0.570. The summed E-state index contributed by atoms with van der Waals surface area (Å²) >= 11 is 0. The lowest BCUT2D eigenvalue weighted by Gasteiger charge is -2.37. The van der Waals surface area contributed by atoms with Crippen LogP contribution in [0.4, 0.5) is 0 Å². The van der Waals surface area contributed by atoms with E-state index in [4.69, 9.17) is 5.73 Å². The number of carbonyl (C=O) groups is 1. The minimum absolute atomic E-state index is 0.00565. The molecule has 3 heteroatoms. The van der Waals surface area contributed by atoms with Crippen LogP contribution in [0.3, 0.4) is 0 Å². The molecule has 18 heavy (non-hydrogen) atoms. The maximum absolute atomic E-state index is 12.4. The van der Waals surface area contributed by atoms with Crippen molar-refractivity contribution in [2.24, 2.45) is 11.1 Å². The number of hydrogen-bond acceptors (Lipinski definition) is 2. The highest BCUT2D eigenvalue weighted by Gasteiger charge is 2.30. The Bertz CT molecular complexity index is 268. The SMILES string of the molecule is CCCC1CCCCN1C(=O)CC(N)C(C)(C)C. The Morgan fingerprint density at radius 2 is 2.06 bits per heavy atom. The maximum Gasteiger partial charge on any atom is 0.224 e. The van der Waals surface area contributed by atoms with E-state index < -0.39 is 0 Å². The zero-order chi connectivity index (χ0) is 13.8. The van der Waals surface area contributed by atoms with Crippen LogP contribution in [-0.4, -0.2) is 29.4 Å². The van der Waals surface area contributed by atoms with Gasteiger partial charge in [-0.2, -0.15) is 0 Å². The van der Waals surface area contributed by atoms with E-state index in [0.29, 0.717) is 12.5 Å². The van der Waals surface area contributed by atoms with Gasteiger partial charge in [0.25, 0.3) is 0 Å². The molecule has 0 saturated carbocycles. The molecule has 2 atom stereocenters. The second-order valence-corrected chi connectivity index (χ2v) is 6.70. The summed E-state index contributed by atoms with van der Waals surface area (Å²) in [6.07, 6.45) is 6.36. The summed E-state index contributed by atoms with van der Waals surface area (Å²) in [5.41, 5.74) is 6.14. The molecule has 1 aliphatic rings. The van der Waals surface area contributed by atoms with Crippen LogP contribution in [0, 0.1) is 5.41 Å². The number of carbonyl (C=O) groups excluding carboxylic acids is 1. The zero-order valence-electron chi connectivity index (χ0n) is 12.5. The summed E-state index contributed by atoms with van der Waals surface area (Å²) in [5.74, 6) is 0.260. The number of likely N-dealkylation sites (tertiary alicyclic amines) is 1. The lowest BCUT2D eigenvalue weighted by Crippen LogP contribution is -2.47. The molecule has 1 fully saturated rings. The quantitative estimate of drug-likeness (QED) is 0.838. The van der Waals surface area contributed by atoms with Crippen molar-refractivity contribution >= 4 is 5.91 Å². The molecule has 0 bridgehead atoms. The minimum Gasteiger partial charge on any atom is -0.340 e. The Morgan fingerprint density at radius 3 is 2.61 bits per heavy atom. The molecule has 0 aromatic carbocycles. The lowest BCUT2D eigenvalue weighted by atomic mass is 9.85. The molecule has 1 rings (SSSR count). The fraction of sp³-hybridized carbons (Fsp3) is 0.933. The van der Waals surface area contributed by atoms with Gasteiger partial charge in [-0.15, -0.1) is 0 Å². The first kappa shape index (κ1) is 15.5. The number of amides is 1. The highest BCUT2D eigenvalue weighted by Crippen LogP contribution is 2.25. The van der Waals surface area contributed by atoms with E-state index in [1.807, 2.05) is 0 Å². The van der Waals surface area contributed by atoms with Gasteiger partial charge in [0.15, 0.2) is 0 Å². The van der Waals surface area contributed by atoms with Crippen LogP contribution in [0.2, 0.25) is 0 Å². The van der Waals surface area contributed by atoms with Crippen LogP contribution in [0.1, 0.15) is 66.2 Å². The molecule has 106 valence electrons. The summed E-state index contributed by atoms with van der Waals surface area (Å²) in [7, 11) is 0. The van der Waals surface area contributed by atoms with Crippen molar-refractivity contribution in [3.05, 3.63) is 0 Å². The topological polar surface area (TPSA) is 46.3 Å². The normalized spacial score (nSPS) is 22.9. The fourth-order valence-corrected chi connectivity index (χ4v) is 2.57. The van der Waals surface area contributed by atoms with E-state index in [1.165, 1.54) is 12.8 Å². The number of nitrogens with two attached hydrogens (primary N) is 1. The highest BCUT2D eigenvalue weighted by atomic mass is 16.2. The van der Waals surface area contributed by atoms with Crippen LogP contribution >= 0.6 is 0 Å². The maximum atomic E-state index is 12.4. The fourth-order valence-electron chi connectivity index (χ4n) is 2.57. The molecule has 1 heterocycles. The lowest BCUT2D eigenvalue weighted by molar-refractivity contribution is -0.136. The summed E-state index contributed by atoms with van der Waals surface area (Å²) in [6, 6.07) is 0.414. The first-order valence-electron chi connectivity index (χ1n) is 7.41. The smallest absolute Gasteiger partial charge is 0.224 e. The van der Waals surface area contributed by atoms with Gasteiger partial charge in [0, 0.05) is 25.0 Å². The molecule has 3 nitrogen and oxygen atoms in total. The summed E-state index contributed by atoms with van der Waals surface area (Å²) < 4.78 is 0. The van der Waals surface area contributed by atoms with Crippen molar-refractivity contribution in [3.8, 4) is 0 Å². The van der Waals surface area contributed by atoms with E-state index in [2.05, 4.69) is 32.6 Å². The monoisotopic (exact) mass is 254 g/mol. The standard InChI is InChI=1S/C15H30N2O/c1-5-8-12-9-6-7-10-17(12)14(18)11-13(16)15(2,3)4/h12-13H,5-11,16H2,1-4H3. The number of piperidine rings is 1. The van der Waals surface area contributed by atoms with Gasteiger partial charge in [0.2, 0.25) is 5.91 Å². The second-order valence-electron chi connectivity index (χ2n) is 6.70. The number of rotatable bonds is 4. The Labute approximate surface area is 112 Å². The third-order valence-electron chi connectivity index (χ3n) is 4.08. The summed E-state index contributed by atoms with van der Waals surface area (Å²) in [6.45, 7) is 9.43. The molecular formula is C15H30N2O. The van der Waals surface area contributed by atoms with Crippen molar-refractivity contribution in [2.45, 2.75) is 78.3 Å². The van der Waals surface area contributed by atoms with E-state index in [1.54, 1.807) is 0 Å². The minimum atomic E-state index is -0.0470. The molecule has 1 aliphatic heterocycles. The average molecular weight is 254 g/mol. The molecule has 2 N–H and O–H groups in total. The van der Waals surface area contributed by atoms with Gasteiger partial charge >= 0.3 is 0 Å². The summed E-state index contributed by atoms with van der Waals surface area (Å²) in [5, 5.41) is 0. The molecular weight excluding hydrogens is 224 g/mol. The van der Waals surface area contributed by atoms with Crippen molar-refractivity contribution in [3.63, 3.8) is 0 Å². The first-order valence-corrected chi connectivity index (χ1v) is 7.41. The molecule has 0 aromatic rings. The van der Waals surface area contributed by atoms with Crippen LogP contribution < -0.4 is 5.73 Å². The van der Waals surface area contributed by atoms with E-state index in [0.717, 1.165) is 25.8 Å². The van der Waals surface area contributed by atoms with Gasteiger partial charge in [-0.05, 0) is 31.1 Å². The van der Waals surface area contributed by atoms with Gasteiger partial charge < -0.3 is 10.6 Å². The van der Waals surface area contributed by atoms with Gasteiger partial charge in [-0.1, -0.05) is 34.1 Å².